The molecule has 1 saturated heterocycles. The van der Waals surface area contributed by atoms with Crippen molar-refractivity contribution in [3.8, 4) is 0 Å². The van der Waals surface area contributed by atoms with Gasteiger partial charge >= 0.3 is 0 Å². The van der Waals surface area contributed by atoms with Gasteiger partial charge in [0.2, 0.25) is 0 Å². The second kappa shape index (κ2) is 6.88. The van der Waals surface area contributed by atoms with Gasteiger partial charge in [0, 0.05) is 5.69 Å². The monoisotopic (exact) mass is 342 g/mol. The average molecular weight is 342 g/mol. The number of hydrogen-bond acceptors (Lipinski definition) is 4. The summed E-state index contributed by atoms with van der Waals surface area (Å²) < 4.78 is 13.2. The molecule has 1 aliphatic rings. The van der Waals surface area contributed by atoms with E-state index in [1.165, 1.54) is 18.2 Å². The summed E-state index contributed by atoms with van der Waals surface area (Å²) in [5, 5.41) is 2.75. The Labute approximate surface area is 143 Å². The Bertz CT molecular complexity index is 835. The van der Waals surface area contributed by atoms with Crippen molar-refractivity contribution in [1.82, 2.24) is 4.90 Å². The molecular weight excluding hydrogens is 327 g/mol. The summed E-state index contributed by atoms with van der Waals surface area (Å²) in [6.45, 7) is 2.04. The van der Waals surface area contributed by atoms with E-state index >= 15 is 0 Å². The number of nitrogens with one attached hydrogen (secondary N) is 1. The maximum absolute atomic E-state index is 13.2. The number of hydrogen-bond donors (Lipinski definition) is 1. The smallest absolute Gasteiger partial charge is 0.295 e. The summed E-state index contributed by atoms with van der Waals surface area (Å²) >= 11 is 0.858. The van der Waals surface area contributed by atoms with Gasteiger partial charge in [0.05, 0.1) is 11.6 Å². The van der Waals surface area contributed by atoms with Gasteiger partial charge < -0.3 is 5.32 Å². The molecule has 1 fully saturated rings. The number of thioether (sulfide) groups is 1. The molecule has 24 heavy (non-hydrogen) atoms. The minimum absolute atomic E-state index is 0.0933. The largest absolute Gasteiger partial charge is 0.367 e. The lowest BCUT2D eigenvalue weighted by Crippen LogP contribution is -2.33. The number of anilines is 1. The first-order valence-electron chi connectivity index (χ1n) is 7.35. The molecule has 1 aliphatic heterocycles. The Morgan fingerprint density at radius 2 is 1.96 bits per heavy atom. The van der Waals surface area contributed by atoms with E-state index < -0.39 is 0 Å². The number of carbonyl (C=O) groups is 2. The van der Waals surface area contributed by atoms with Crippen LogP contribution in [0.3, 0.4) is 0 Å². The van der Waals surface area contributed by atoms with Crippen molar-refractivity contribution in [3.63, 3.8) is 0 Å². The van der Waals surface area contributed by atoms with Gasteiger partial charge in [-0.05, 0) is 54.1 Å². The first-order chi connectivity index (χ1) is 11.5. The van der Waals surface area contributed by atoms with E-state index in [-0.39, 0.29) is 28.5 Å². The normalized spacial score (nSPS) is 16.1. The molecule has 1 heterocycles. The van der Waals surface area contributed by atoms with Crippen LogP contribution in [0.25, 0.3) is 6.08 Å². The molecule has 3 rings (SSSR count). The number of amides is 2. The van der Waals surface area contributed by atoms with Crippen LogP contribution in [-0.2, 0) is 4.79 Å². The zero-order chi connectivity index (χ0) is 17.1. The summed E-state index contributed by atoms with van der Waals surface area (Å²) in [6, 6.07) is 13.5. The number of halogens is 1. The van der Waals surface area contributed by atoms with Crippen LogP contribution in [-0.4, -0.2) is 22.7 Å². The minimum Gasteiger partial charge on any atom is -0.367 e. The number of imide groups is 1. The predicted molar refractivity (Wildman–Crippen MR) is 93.9 cm³/mol. The van der Waals surface area contributed by atoms with Crippen LogP contribution in [0.1, 0.15) is 11.1 Å². The molecule has 0 spiro atoms. The molecule has 0 bridgehead atoms. The van der Waals surface area contributed by atoms with E-state index in [4.69, 9.17) is 0 Å². The summed E-state index contributed by atoms with van der Waals surface area (Å²) in [6.07, 6.45) is 1.53. The fourth-order valence-electron chi connectivity index (χ4n) is 2.32. The molecule has 0 unspecified atom stereocenters. The lowest BCUT2D eigenvalue weighted by atomic mass is 10.2. The van der Waals surface area contributed by atoms with Gasteiger partial charge in [0.15, 0.2) is 0 Å². The first kappa shape index (κ1) is 16.3. The second-order valence-corrected chi connectivity index (χ2v) is 6.31. The van der Waals surface area contributed by atoms with E-state index in [1.54, 1.807) is 12.1 Å². The van der Waals surface area contributed by atoms with Crippen LogP contribution in [0.5, 0.6) is 0 Å². The standard InChI is InChI=1S/C18H15FN2O2S/c1-12-5-2-3-8-15(12)20-11-21-17(22)16(24-18(21)23)10-13-6-4-7-14(19)9-13/h2-10,20H,11H2,1H3/b16-10-. The van der Waals surface area contributed by atoms with Gasteiger partial charge in [-0.25, -0.2) is 4.39 Å². The summed E-state index contributed by atoms with van der Waals surface area (Å²) in [7, 11) is 0. The van der Waals surface area contributed by atoms with Crippen molar-refractivity contribution in [1.29, 1.82) is 0 Å². The Hall–Kier alpha value is -2.60. The van der Waals surface area contributed by atoms with Gasteiger partial charge in [0.1, 0.15) is 5.82 Å². The lowest BCUT2D eigenvalue weighted by molar-refractivity contribution is -0.122. The fraction of sp³-hybridized carbons (Fsp3) is 0.111. The third-order valence-corrected chi connectivity index (χ3v) is 4.50. The number of carbonyl (C=O) groups excluding carboxylic acids is 2. The second-order valence-electron chi connectivity index (χ2n) is 5.31. The molecule has 2 aromatic rings. The topological polar surface area (TPSA) is 49.4 Å². The highest BCUT2D eigenvalue weighted by atomic mass is 32.2. The lowest BCUT2D eigenvalue weighted by Gasteiger charge is -2.15. The maximum atomic E-state index is 13.2. The number of aryl methyl sites for hydroxylation is 1. The molecule has 0 radical (unpaired) electrons. The number of benzene rings is 2. The van der Waals surface area contributed by atoms with Crippen molar-refractivity contribution >= 4 is 34.7 Å². The predicted octanol–water partition coefficient (Wildman–Crippen LogP) is 4.24. The van der Waals surface area contributed by atoms with Crippen molar-refractivity contribution < 1.29 is 14.0 Å². The molecule has 0 aromatic heterocycles. The molecule has 6 heteroatoms. The fourth-order valence-corrected chi connectivity index (χ4v) is 3.16. The highest BCUT2D eigenvalue weighted by Gasteiger charge is 2.34. The highest BCUT2D eigenvalue weighted by Crippen LogP contribution is 2.32. The van der Waals surface area contributed by atoms with Gasteiger partial charge in [-0.1, -0.05) is 30.3 Å². The van der Waals surface area contributed by atoms with Gasteiger partial charge in [-0.2, -0.15) is 0 Å². The Kier molecular flexibility index (Phi) is 4.66. The Morgan fingerprint density at radius 1 is 1.17 bits per heavy atom. The summed E-state index contributed by atoms with van der Waals surface area (Å²) in [5.41, 5.74) is 2.44. The molecule has 2 aromatic carbocycles. The van der Waals surface area contributed by atoms with Crippen molar-refractivity contribution in [2.24, 2.45) is 0 Å². The molecule has 0 aliphatic carbocycles. The van der Waals surface area contributed by atoms with Crippen molar-refractivity contribution in [2.75, 3.05) is 12.0 Å². The zero-order valence-electron chi connectivity index (χ0n) is 13.0. The van der Waals surface area contributed by atoms with Crippen molar-refractivity contribution in [2.45, 2.75) is 6.92 Å². The molecule has 0 atom stereocenters. The van der Waals surface area contributed by atoms with Crippen LogP contribution in [0.2, 0.25) is 0 Å². The zero-order valence-corrected chi connectivity index (χ0v) is 13.8. The van der Waals surface area contributed by atoms with Crippen LogP contribution in [0, 0.1) is 12.7 Å². The average Bonchev–Trinajstić information content (AvgIpc) is 2.81. The summed E-state index contributed by atoms with van der Waals surface area (Å²) in [5.74, 6) is -0.764. The molecule has 0 saturated carbocycles. The van der Waals surface area contributed by atoms with Crippen molar-refractivity contribution in [3.05, 3.63) is 70.4 Å². The highest BCUT2D eigenvalue weighted by molar-refractivity contribution is 8.18. The van der Waals surface area contributed by atoms with E-state index in [2.05, 4.69) is 5.32 Å². The van der Waals surface area contributed by atoms with E-state index in [0.29, 0.717) is 5.56 Å². The summed E-state index contributed by atoms with van der Waals surface area (Å²) in [4.78, 5) is 25.9. The Balaban J connectivity index is 1.73. The molecule has 1 N–H and O–H groups in total. The molecule has 122 valence electrons. The van der Waals surface area contributed by atoms with Gasteiger partial charge in [-0.15, -0.1) is 0 Å². The first-order valence-corrected chi connectivity index (χ1v) is 8.17. The third-order valence-electron chi connectivity index (χ3n) is 3.59. The van der Waals surface area contributed by atoms with Crippen LogP contribution in [0.4, 0.5) is 14.9 Å². The molecule has 2 amide bonds. The maximum Gasteiger partial charge on any atom is 0.295 e. The van der Waals surface area contributed by atoms with E-state index in [0.717, 1.165) is 27.9 Å². The number of para-hydroxylation sites is 1. The van der Waals surface area contributed by atoms with Gasteiger partial charge in [0.25, 0.3) is 11.1 Å². The third kappa shape index (κ3) is 3.49. The van der Waals surface area contributed by atoms with Crippen LogP contribution < -0.4 is 5.32 Å². The quantitative estimate of drug-likeness (QED) is 0.845. The minimum atomic E-state index is -0.385. The molecule has 4 nitrogen and oxygen atoms in total. The SMILES string of the molecule is Cc1ccccc1NCN1C(=O)S/C(=C\c2cccc(F)c2)C1=O. The van der Waals surface area contributed by atoms with E-state index in [1.807, 2.05) is 31.2 Å². The van der Waals surface area contributed by atoms with Gasteiger partial charge in [-0.3, -0.25) is 14.5 Å². The number of rotatable bonds is 4. The van der Waals surface area contributed by atoms with Crippen LogP contribution in [0.15, 0.2) is 53.4 Å². The molecular formula is C18H15FN2O2S. The Morgan fingerprint density at radius 3 is 2.71 bits per heavy atom. The van der Waals surface area contributed by atoms with E-state index in [9.17, 15) is 14.0 Å². The number of nitrogens with zero attached hydrogens (tertiary/aromatic N) is 1. The van der Waals surface area contributed by atoms with Crippen LogP contribution >= 0.6 is 11.8 Å².